The van der Waals surface area contributed by atoms with Gasteiger partial charge in [0, 0.05) is 32.7 Å². The van der Waals surface area contributed by atoms with Gasteiger partial charge in [-0.1, -0.05) is 0 Å². The van der Waals surface area contributed by atoms with Gasteiger partial charge in [-0.15, -0.1) is 0 Å². The lowest BCUT2D eigenvalue weighted by atomic mass is 10.1. The fourth-order valence-corrected chi connectivity index (χ4v) is 4.51. The molecule has 34 heavy (non-hydrogen) atoms. The van der Waals surface area contributed by atoms with E-state index < -0.39 is 20.9 Å². The van der Waals surface area contributed by atoms with Crippen LogP contribution in [0.2, 0.25) is 0 Å². The molecule has 0 amide bonds. The number of nitro groups is 1. The van der Waals surface area contributed by atoms with Gasteiger partial charge in [0.25, 0.3) is 5.69 Å². The highest BCUT2D eigenvalue weighted by molar-refractivity contribution is 7.89. The maximum absolute atomic E-state index is 12.6. The van der Waals surface area contributed by atoms with Crippen LogP contribution in [-0.2, 0) is 27.9 Å². The van der Waals surface area contributed by atoms with Crippen molar-refractivity contribution >= 4 is 38.4 Å². The number of carbonyl (C=O) groups is 1. The molecule has 0 unspecified atom stereocenters. The van der Waals surface area contributed by atoms with Crippen molar-refractivity contribution in [2.45, 2.75) is 43.9 Å². The van der Waals surface area contributed by atoms with Crippen LogP contribution < -0.4 is 5.32 Å². The molecule has 0 bridgehead atoms. The summed E-state index contributed by atoms with van der Waals surface area (Å²) in [7, 11) is -0.716. The maximum Gasteiger partial charge on any atom is 0.338 e. The van der Waals surface area contributed by atoms with Crippen LogP contribution >= 0.6 is 0 Å². The molecule has 1 aromatic heterocycles. The van der Waals surface area contributed by atoms with E-state index in [9.17, 15) is 23.3 Å². The number of aromatic nitrogens is 2. The van der Waals surface area contributed by atoms with Gasteiger partial charge < -0.3 is 14.6 Å². The second-order valence-electron chi connectivity index (χ2n) is 8.19. The first-order valence-corrected chi connectivity index (χ1v) is 12.2. The van der Waals surface area contributed by atoms with Crippen LogP contribution in [0.1, 0.15) is 35.9 Å². The minimum absolute atomic E-state index is 0.0616. The molecule has 1 N–H and O–H groups in total. The van der Waals surface area contributed by atoms with Gasteiger partial charge in [0.05, 0.1) is 26.4 Å². The lowest BCUT2D eigenvalue weighted by Gasteiger charge is -2.11. The summed E-state index contributed by atoms with van der Waals surface area (Å²) in [6.45, 7) is 2.25. The van der Waals surface area contributed by atoms with Crippen LogP contribution in [-0.4, -0.2) is 53.3 Å². The van der Waals surface area contributed by atoms with Crippen molar-refractivity contribution in [1.29, 1.82) is 0 Å². The number of sulfonamides is 1. The number of aryl methyl sites for hydroxylation is 1. The molecule has 2 aromatic carbocycles. The average molecular weight is 488 g/mol. The first kappa shape index (κ1) is 23.6. The number of nitrogens with one attached hydrogen (secondary N) is 1. The molecule has 0 aliphatic heterocycles. The number of nitrogens with zero attached hydrogens (tertiary/aromatic N) is 4. The van der Waals surface area contributed by atoms with E-state index in [0.717, 1.165) is 17.1 Å². The summed E-state index contributed by atoms with van der Waals surface area (Å²) in [6.07, 6.45) is 1.92. The van der Waals surface area contributed by atoms with Crippen molar-refractivity contribution in [3.63, 3.8) is 0 Å². The number of anilines is 1. The second-order valence-corrected chi connectivity index (χ2v) is 10.3. The average Bonchev–Trinajstić information content (AvgIpc) is 3.54. The van der Waals surface area contributed by atoms with Gasteiger partial charge >= 0.3 is 5.97 Å². The fourth-order valence-electron chi connectivity index (χ4n) is 3.59. The minimum Gasteiger partial charge on any atom is -0.454 e. The van der Waals surface area contributed by atoms with Crippen molar-refractivity contribution in [2.75, 3.05) is 19.4 Å². The van der Waals surface area contributed by atoms with Gasteiger partial charge in [-0.2, -0.15) is 0 Å². The van der Waals surface area contributed by atoms with Crippen LogP contribution in [0.25, 0.3) is 11.0 Å². The summed E-state index contributed by atoms with van der Waals surface area (Å²) in [5.41, 5.74) is 1.42. The number of hydrogen-bond acceptors (Lipinski definition) is 8. The molecule has 1 saturated carbocycles. The molecule has 11 nitrogen and oxygen atoms in total. The smallest absolute Gasteiger partial charge is 0.338 e. The second kappa shape index (κ2) is 9.03. The Morgan fingerprint density at radius 2 is 2.00 bits per heavy atom. The Hall–Kier alpha value is -3.51. The fraction of sp³-hybridized carbons (Fsp3) is 0.364. The quantitative estimate of drug-likeness (QED) is 0.276. The number of fused-ring (bicyclic) bond motifs is 1. The van der Waals surface area contributed by atoms with E-state index in [0.29, 0.717) is 29.1 Å². The first-order chi connectivity index (χ1) is 16.1. The topological polar surface area (TPSA) is 137 Å². The zero-order valence-electron chi connectivity index (χ0n) is 19.0. The van der Waals surface area contributed by atoms with Crippen molar-refractivity contribution in [1.82, 2.24) is 13.9 Å². The molecule has 3 aromatic rings. The standard InChI is InChI=1S/C22H25N5O6S/c1-4-26-19-10-8-16(34(31,32)25(2)3)12-18(19)24-21(26)13-33-22(28)14-5-9-17(23-15-6-7-15)20(11-14)27(29)30/h5,8-12,15,23H,4,6-7,13H2,1-3H3. The molecule has 0 spiro atoms. The number of nitro benzene ring substituents is 1. The Kier molecular flexibility index (Phi) is 6.28. The van der Waals surface area contributed by atoms with Crippen molar-refractivity contribution in [2.24, 2.45) is 0 Å². The third-order valence-electron chi connectivity index (χ3n) is 5.59. The molecule has 1 heterocycles. The van der Waals surface area contributed by atoms with Crippen LogP contribution in [0.15, 0.2) is 41.3 Å². The van der Waals surface area contributed by atoms with Gasteiger partial charge in [-0.25, -0.2) is 22.5 Å². The molecule has 1 aliphatic rings. The summed E-state index contributed by atoms with van der Waals surface area (Å²) >= 11 is 0. The van der Waals surface area contributed by atoms with Crippen molar-refractivity contribution in [3.8, 4) is 0 Å². The third-order valence-corrected chi connectivity index (χ3v) is 7.40. The van der Waals surface area contributed by atoms with E-state index in [1.807, 2.05) is 11.5 Å². The van der Waals surface area contributed by atoms with Crippen LogP contribution in [0.4, 0.5) is 11.4 Å². The maximum atomic E-state index is 12.6. The van der Waals surface area contributed by atoms with Crippen molar-refractivity contribution in [3.05, 3.63) is 57.9 Å². The first-order valence-electron chi connectivity index (χ1n) is 10.8. The SMILES string of the molecule is CCn1c(COC(=O)c2ccc(NC3CC3)c([N+](=O)[O-])c2)nc2cc(S(=O)(=O)N(C)C)ccc21. The van der Waals surface area contributed by atoms with Gasteiger partial charge in [0.15, 0.2) is 0 Å². The predicted molar refractivity (Wildman–Crippen MR) is 125 cm³/mol. The monoisotopic (exact) mass is 487 g/mol. The lowest BCUT2D eigenvalue weighted by molar-refractivity contribution is -0.384. The van der Waals surface area contributed by atoms with E-state index >= 15 is 0 Å². The Morgan fingerprint density at radius 3 is 2.62 bits per heavy atom. The summed E-state index contributed by atoms with van der Waals surface area (Å²) in [6, 6.07) is 9.10. The Bertz CT molecular complexity index is 1380. The number of ether oxygens (including phenoxy) is 1. The third kappa shape index (κ3) is 4.59. The molecule has 4 rings (SSSR count). The molecule has 180 valence electrons. The summed E-state index contributed by atoms with van der Waals surface area (Å²) in [5.74, 6) is -0.279. The van der Waals surface area contributed by atoms with Crippen LogP contribution in [0.5, 0.6) is 0 Å². The number of carbonyl (C=O) groups excluding carboxylic acids is 1. The van der Waals surface area contributed by atoms with Gasteiger partial charge in [-0.05, 0) is 50.1 Å². The zero-order valence-corrected chi connectivity index (χ0v) is 19.8. The van der Waals surface area contributed by atoms with Gasteiger partial charge in [0.1, 0.15) is 18.1 Å². The van der Waals surface area contributed by atoms with E-state index in [-0.39, 0.29) is 28.8 Å². The van der Waals surface area contributed by atoms with Crippen molar-refractivity contribution < 1.29 is 22.9 Å². The predicted octanol–water partition coefficient (Wildman–Crippen LogP) is 3.15. The van der Waals surface area contributed by atoms with E-state index in [1.165, 1.54) is 44.4 Å². The van der Waals surface area contributed by atoms with Crippen LogP contribution in [0, 0.1) is 10.1 Å². The summed E-state index contributed by atoms with van der Waals surface area (Å²) in [5, 5.41) is 14.5. The Balaban J connectivity index is 1.56. The zero-order chi connectivity index (χ0) is 24.6. The highest BCUT2D eigenvalue weighted by Gasteiger charge is 2.26. The van der Waals surface area contributed by atoms with Gasteiger partial charge in [-0.3, -0.25) is 10.1 Å². The Morgan fingerprint density at radius 1 is 1.26 bits per heavy atom. The van der Waals surface area contributed by atoms with E-state index in [4.69, 9.17) is 4.74 Å². The summed E-state index contributed by atoms with van der Waals surface area (Å²) in [4.78, 5) is 28.1. The Labute approximate surface area is 196 Å². The molecular weight excluding hydrogens is 462 g/mol. The highest BCUT2D eigenvalue weighted by Crippen LogP contribution is 2.32. The molecule has 0 atom stereocenters. The number of rotatable bonds is 9. The molecule has 0 radical (unpaired) electrons. The highest BCUT2D eigenvalue weighted by atomic mass is 32.2. The number of hydrogen-bond donors (Lipinski definition) is 1. The minimum atomic E-state index is -3.62. The molecular formula is C22H25N5O6S. The lowest BCUT2D eigenvalue weighted by Crippen LogP contribution is -2.22. The normalized spacial score (nSPS) is 13.9. The van der Waals surface area contributed by atoms with E-state index in [2.05, 4.69) is 10.3 Å². The largest absolute Gasteiger partial charge is 0.454 e. The number of benzene rings is 2. The molecule has 1 fully saturated rings. The van der Waals surface area contributed by atoms with Crippen LogP contribution in [0.3, 0.4) is 0 Å². The number of esters is 1. The summed E-state index contributed by atoms with van der Waals surface area (Å²) < 4.78 is 33.2. The number of imidazole rings is 1. The molecule has 1 aliphatic carbocycles. The van der Waals surface area contributed by atoms with E-state index in [1.54, 1.807) is 6.07 Å². The molecule has 0 saturated heterocycles. The molecule has 12 heteroatoms. The van der Waals surface area contributed by atoms with Gasteiger partial charge in [0.2, 0.25) is 10.0 Å².